The summed E-state index contributed by atoms with van der Waals surface area (Å²) in [5, 5.41) is 6.12. The van der Waals surface area contributed by atoms with Crippen molar-refractivity contribution >= 4 is 11.6 Å². The number of piperidine rings is 1. The summed E-state index contributed by atoms with van der Waals surface area (Å²) in [6.07, 6.45) is 2.70. The van der Waals surface area contributed by atoms with Crippen LogP contribution in [0.4, 0.5) is 14.5 Å². The number of benzene rings is 1. The molecule has 23 heavy (non-hydrogen) atoms. The summed E-state index contributed by atoms with van der Waals surface area (Å²) < 4.78 is 29.2. The molecule has 128 valence electrons. The number of alkyl halides is 2. The lowest BCUT2D eigenvalue weighted by molar-refractivity contribution is -0.117. The van der Waals surface area contributed by atoms with Crippen molar-refractivity contribution in [3.8, 4) is 5.75 Å². The fourth-order valence-corrected chi connectivity index (χ4v) is 2.94. The van der Waals surface area contributed by atoms with E-state index in [0.29, 0.717) is 23.6 Å². The van der Waals surface area contributed by atoms with Gasteiger partial charge in [-0.05, 0) is 56.3 Å². The molecule has 1 aliphatic rings. The van der Waals surface area contributed by atoms with Crippen LogP contribution < -0.4 is 15.4 Å². The third-order valence-electron chi connectivity index (χ3n) is 4.34. The maximum atomic E-state index is 12.4. The number of hydrogen-bond donors (Lipinski definition) is 2. The highest BCUT2D eigenvalue weighted by atomic mass is 19.3. The van der Waals surface area contributed by atoms with Crippen molar-refractivity contribution in [3.05, 3.63) is 23.8 Å². The number of rotatable bonds is 6. The van der Waals surface area contributed by atoms with Gasteiger partial charge in [-0.2, -0.15) is 8.78 Å². The van der Waals surface area contributed by atoms with Gasteiger partial charge in [0.2, 0.25) is 5.91 Å². The zero-order valence-electron chi connectivity index (χ0n) is 13.6. The molecule has 1 heterocycles. The third-order valence-corrected chi connectivity index (χ3v) is 4.34. The first kappa shape index (κ1) is 17.7. The summed E-state index contributed by atoms with van der Waals surface area (Å²) in [5.74, 6) is 0.771. The quantitative estimate of drug-likeness (QED) is 0.840. The van der Waals surface area contributed by atoms with E-state index in [1.807, 2.05) is 0 Å². The van der Waals surface area contributed by atoms with Crippen LogP contribution in [0, 0.1) is 18.8 Å². The molecule has 0 aromatic heterocycles. The predicted molar refractivity (Wildman–Crippen MR) is 85.8 cm³/mol. The Balaban J connectivity index is 1.91. The molecule has 1 amide bonds. The molecule has 1 fully saturated rings. The third kappa shape index (κ3) is 5.46. The molecule has 1 aromatic rings. The number of ether oxygens (including phenoxy) is 1. The molecular weight excluding hydrogens is 302 g/mol. The Morgan fingerprint density at radius 1 is 1.48 bits per heavy atom. The van der Waals surface area contributed by atoms with Gasteiger partial charge in [-0.3, -0.25) is 4.79 Å². The van der Waals surface area contributed by atoms with Gasteiger partial charge < -0.3 is 15.4 Å². The summed E-state index contributed by atoms with van der Waals surface area (Å²) in [7, 11) is 0. The Morgan fingerprint density at radius 2 is 2.26 bits per heavy atom. The lowest BCUT2D eigenvalue weighted by Gasteiger charge is -2.28. The van der Waals surface area contributed by atoms with E-state index in [1.165, 1.54) is 6.07 Å². The van der Waals surface area contributed by atoms with Gasteiger partial charge in [-0.1, -0.05) is 13.0 Å². The minimum Gasteiger partial charge on any atom is -0.434 e. The fraction of sp³-hybridized carbons (Fsp3) is 0.588. The van der Waals surface area contributed by atoms with Crippen molar-refractivity contribution in [1.29, 1.82) is 0 Å². The number of hydrogen-bond acceptors (Lipinski definition) is 3. The van der Waals surface area contributed by atoms with E-state index in [4.69, 9.17) is 0 Å². The fourth-order valence-electron chi connectivity index (χ4n) is 2.94. The SMILES string of the molecule is Cc1ccc(NC(=O)CC(C)C2CCCNC2)cc1OC(F)F. The minimum absolute atomic E-state index is 0.0855. The van der Waals surface area contributed by atoms with Crippen molar-refractivity contribution in [1.82, 2.24) is 5.32 Å². The summed E-state index contributed by atoms with van der Waals surface area (Å²) in [6.45, 7) is 2.88. The Kier molecular flexibility index (Phi) is 6.33. The molecular formula is C17H24F2N2O2. The summed E-state index contributed by atoms with van der Waals surface area (Å²) >= 11 is 0. The van der Waals surface area contributed by atoms with Gasteiger partial charge in [0.05, 0.1) is 0 Å². The Hall–Kier alpha value is -1.69. The summed E-state index contributed by atoms with van der Waals surface area (Å²) in [4.78, 5) is 12.2. The van der Waals surface area contributed by atoms with E-state index in [0.717, 1.165) is 25.9 Å². The van der Waals surface area contributed by atoms with Crippen LogP contribution in [0.15, 0.2) is 18.2 Å². The van der Waals surface area contributed by atoms with Crippen molar-refractivity contribution in [2.45, 2.75) is 39.7 Å². The van der Waals surface area contributed by atoms with E-state index in [9.17, 15) is 13.6 Å². The van der Waals surface area contributed by atoms with Crippen molar-refractivity contribution in [2.75, 3.05) is 18.4 Å². The van der Waals surface area contributed by atoms with Crippen LogP contribution in [0.2, 0.25) is 0 Å². The maximum Gasteiger partial charge on any atom is 0.387 e. The summed E-state index contributed by atoms with van der Waals surface area (Å²) in [5.41, 5.74) is 1.08. The Labute approximate surface area is 135 Å². The van der Waals surface area contributed by atoms with Crippen LogP contribution in [0.5, 0.6) is 5.75 Å². The van der Waals surface area contributed by atoms with E-state index in [2.05, 4.69) is 22.3 Å². The van der Waals surface area contributed by atoms with Gasteiger partial charge >= 0.3 is 6.61 Å². The maximum absolute atomic E-state index is 12.4. The van der Waals surface area contributed by atoms with Crippen molar-refractivity contribution in [2.24, 2.45) is 11.8 Å². The van der Waals surface area contributed by atoms with Crippen LogP contribution in [-0.4, -0.2) is 25.6 Å². The van der Waals surface area contributed by atoms with E-state index in [1.54, 1.807) is 19.1 Å². The highest BCUT2D eigenvalue weighted by Gasteiger charge is 2.22. The molecule has 1 aromatic carbocycles. The average molecular weight is 326 g/mol. The van der Waals surface area contributed by atoms with Gasteiger partial charge in [-0.15, -0.1) is 0 Å². The van der Waals surface area contributed by atoms with Crippen molar-refractivity contribution in [3.63, 3.8) is 0 Å². The highest BCUT2D eigenvalue weighted by Crippen LogP contribution is 2.26. The second-order valence-electron chi connectivity index (χ2n) is 6.19. The number of amides is 1. The first-order valence-corrected chi connectivity index (χ1v) is 8.01. The zero-order chi connectivity index (χ0) is 16.8. The van der Waals surface area contributed by atoms with E-state index in [-0.39, 0.29) is 17.6 Å². The first-order chi connectivity index (χ1) is 11.0. The predicted octanol–water partition coefficient (Wildman–Crippen LogP) is 3.56. The average Bonchev–Trinajstić information content (AvgIpc) is 2.51. The number of halogens is 2. The van der Waals surface area contributed by atoms with Gasteiger partial charge in [0.1, 0.15) is 5.75 Å². The largest absolute Gasteiger partial charge is 0.434 e. The molecule has 2 rings (SSSR count). The van der Waals surface area contributed by atoms with Gasteiger partial charge in [-0.25, -0.2) is 0 Å². The molecule has 2 unspecified atom stereocenters. The molecule has 0 saturated carbocycles. The Morgan fingerprint density at radius 3 is 2.91 bits per heavy atom. The van der Waals surface area contributed by atoms with Gasteiger partial charge in [0.25, 0.3) is 0 Å². The van der Waals surface area contributed by atoms with Gasteiger partial charge in [0, 0.05) is 18.2 Å². The normalized spacial score (nSPS) is 19.4. The summed E-state index contributed by atoms with van der Waals surface area (Å²) in [6, 6.07) is 4.78. The molecule has 2 atom stereocenters. The van der Waals surface area contributed by atoms with Crippen LogP contribution in [-0.2, 0) is 4.79 Å². The first-order valence-electron chi connectivity index (χ1n) is 8.01. The molecule has 4 nitrogen and oxygen atoms in total. The number of carbonyl (C=O) groups excluding carboxylic acids is 1. The molecule has 1 aliphatic heterocycles. The Bertz CT molecular complexity index is 531. The van der Waals surface area contributed by atoms with Crippen LogP contribution >= 0.6 is 0 Å². The molecule has 1 saturated heterocycles. The van der Waals surface area contributed by atoms with E-state index >= 15 is 0 Å². The zero-order valence-corrected chi connectivity index (χ0v) is 13.6. The monoisotopic (exact) mass is 326 g/mol. The topological polar surface area (TPSA) is 50.4 Å². The lowest BCUT2D eigenvalue weighted by Crippen LogP contribution is -2.34. The molecule has 0 aliphatic carbocycles. The second kappa shape index (κ2) is 8.24. The molecule has 0 spiro atoms. The number of aryl methyl sites for hydroxylation is 1. The second-order valence-corrected chi connectivity index (χ2v) is 6.19. The van der Waals surface area contributed by atoms with Crippen LogP contribution in [0.3, 0.4) is 0 Å². The standard InChI is InChI=1S/C17H24F2N2O2/c1-11-5-6-14(9-15(11)23-17(18)19)21-16(22)8-12(2)13-4-3-7-20-10-13/h5-6,9,12-13,17,20H,3-4,7-8,10H2,1-2H3,(H,21,22). The van der Waals surface area contributed by atoms with E-state index < -0.39 is 6.61 Å². The highest BCUT2D eigenvalue weighted by molar-refractivity contribution is 5.91. The van der Waals surface area contributed by atoms with Crippen LogP contribution in [0.1, 0.15) is 31.7 Å². The lowest BCUT2D eigenvalue weighted by atomic mass is 9.85. The smallest absolute Gasteiger partial charge is 0.387 e. The van der Waals surface area contributed by atoms with Crippen molar-refractivity contribution < 1.29 is 18.3 Å². The van der Waals surface area contributed by atoms with Gasteiger partial charge in [0.15, 0.2) is 0 Å². The van der Waals surface area contributed by atoms with Crippen LogP contribution in [0.25, 0.3) is 0 Å². The number of nitrogens with one attached hydrogen (secondary N) is 2. The molecule has 0 bridgehead atoms. The molecule has 0 radical (unpaired) electrons. The number of carbonyl (C=O) groups is 1. The minimum atomic E-state index is -2.88. The molecule has 6 heteroatoms. The number of anilines is 1. The molecule has 2 N–H and O–H groups in total.